The van der Waals surface area contributed by atoms with Crippen molar-refractivity contribution in [2.45, 2.75) is 30.5 Å². The molecule has 0 bridgehead atoms. The summed E-state index contributed by atoms with van der Waals surface area (Å²) in [7, 11) is 1.71. The van der Waals surface area contributed by atoms with Gasteiger partial charge in [-0.25, -0.2) is 4.39 Å². The molecule has 0 aliphatic rings. The van der Waals surface area contributed by atoms with Gasteiger partial charge in [-0.2, -0.15) is 0 Å². The van der Waals surface area contributed by atoms with Crippen LogP contribution in [0.4, 0.5) is 10.1 Å². The van der Waals surface area contributed by atoms with Crippen molar-refractivity contribution < 1.29 is 14.0 Å². The molecule has 0 aliphatic carbocycles. The lowest BCUT2D eigenvalue weighted by Gasteiger charge is -2.21. The topological polar surface area (TPSA) is 49.4 Å². The summed E-state index contributed by atoms with van der Waals surface area (Å²) in [6.07, 6.45) is 0. The van der Waals surface area contributed by atoms with Gasteiger partial charge in [-0.15, -0.1) is 11.8 Å². The Balaban J connectivity index is 1.93. The zero-order valence-electron chi connectivity index (χ0n) is 14.5. The highest BCUT2D eigenvalue weighted by molar-refractivity contribution is 8.00. The lowest BCUT2D eigenvalue weighted by atomic mass is 10.2. The van der Waals surface area contributed by atoms with Crippen molar-refractivity contribution in [3.05, 3.63) is 59.9 Å². The summed E-state index contributed by atoms with van der Waals surface area (Å²) in [5, 5.41) is 2.43. The van der Waals surface area contributed by atoms with Crippen LogP contribution in [0, 0.1) is 5.82 Å². The number of anilines is 1. The van der Waals surface area contributed by atoms with Gasteiger partial charge in [0.15, 0.2) is 0 Å². The third-order valence-corrected chi connectivity index (χ3v) is 4.62. The second-order valence-electron chi connectivity index (χ2n) is 5.79. The van der Waals surface area contributed by atoms with Crippen LogP contribution in [0.25, 0.3) is 0 Å². The van der Waals surface area contributed by atoms with Crippen LogP contribution in [-0.4, -0.2) is 29.0 Å². The molecule has 0 radical (unpaired) electrons. The van der Waals surface area contributed by atoms with Crippen LogP contribution in [0.15, 0.2) is 53.4 Å². The standard InChI is InChI=1S/C19H21FN2O2S/c1-13(25-18-9-7-17(8-10-18)21-14(2)23)19(24)22(3)12-15-5-4-6-16(20)11-15/h4-11,13H,12H2,1-3H3,(H,21,23). The number of nitrogens with one attached hydrogen (secondary N) is 1. The first-order valence-electron chi connectivity index (χ1n) is 7.89. The molecule has 0 saturated heterocycles. The number of benzene rings is 2. The molecule has 0 aromatic heterocycles. The molecule has 0 spiro atoms. The molecule has 6 heteroatoms. The first-order valence-corrected chi connectivity index (χ1v) is 8.77. The van der Waals surface area contributed by atoms with Gasteiger partial charge in [0.05, 0.1) is 5.25 Å². The molecule has 1 N–H and O–H groups in total. The summed E-state index contributed by atoms with van der Waals surface area (Å²) in [6, 6.07) is 13.6. The lowest BCUT2D eigenvalue weighted by Crippen LogP contribution is -2.32. The first-order chi connectivity index (χ1) is 11.8. The van der Waals surface area contributed by atoms with Crippen molar-refractivity contribution >= 4 is 29.3 Å². The molecular formula is C19H21FN2O2S. The van der Waals surface area contributed by atoms with E-state index in [9.17, 15) is 14.0 Å². The van der Waals surface area contributed by atoms with Crippen molar-refractivity contribution in [3.63, 3.8) is 0 Å². The Labute approximate surface area is 151 Å². The molecule has 0 saturated carbocycles. The summed E-state index contributed by atoms with van der Waals surface area (Å²) < 4.78 is 13.2. The Morgan fingerprint density at radius 1 is 1.20 bits per heavy atom. The van der Waals surface area contributed by atoms with Gasteiger partial charge < -0.3 is 10.2 Å². The van der Waals surface area contributed by atoms with E-state index in [0.717, 1.165) is 16.1 Å². The minimum Gasteiger partial charge on any atom is -0.340 e. The van der Waals surface area contributed by atoms with Crippen LogP contribution in [0.5, 0.6) is 0 Å². The van der Waals surface area contributed by atoms with Gasteiger partial charge in [0, 0.05) is 31.1 Å². The highest BCUT2D eigenvalue weighted by atomic mass is 32.2. The van der Waals surface area contributed by atoms with Crippen LogP contribution in [0.1, 0.15) is 19.4 Å². The maximum Gasteiger partial charge on any atom is 0.235 e. The Kier molecular flexibility index (Phi) is 6.58. The minimum absolute atomic E-state index is 0.0276. The van der Waals surface area contributed by atoms with Crippen molar-refractivity contribution in [3.8, 4) is 0 Å². The van der Waals surface area contributed by atoms with Crippen LogP contribution in [0.2, 0.25) is 0 Å². The zero-order chi connectivity index (χ0) is 18.4. The van der Waals surface area contributed by atoms with Gasteiger partial charge in [0.1, 0.15) is 5.82 Å². The lowest BCUT2D eigenvalue weighted by molar-refractivity contribution is -0.129. The van der Waals surface area contributed by atoms with E-state index in [1.165, 1.54) is 30.8 Å². The third-order valence-electron chi connectivity index (χ3n) is 3.52. The predicted molar refractivity (Wildman–Crippen MR) is 98.9 cm³/mol. The van der Waals surface area contributed by atoms with Gasteiger partial charge in [-0.1, -0.05) is 12.1 Å². The van der Waals surface area contributed by atoms with Crippen molar-refractivity contribution in [2.24, 2.45) is 0 Å². The van der Waals surface area contributed by atoms with Gasteiger partial charge >= 0.3 is 0 Å². The van der Waals surface area contributed by atoms with E-state index in [1.807, 2.05) is 19.1 Å². The van der Waals surface area contributed by atoms with E-state index in [4.69, 9.17) is 0 Å². The van der Waals surface area contributed by atoms with Crippen LogP contribution < -0.4 is 5.32 Å². The van der Waals surface area contributed by atoms with Crippen LogP contribution in [0.3, 0.4) is 0 Å². The second-order valence-corrected chi connectivity index (χ2v) is 7.20. The summed E-state index contributed by atoms with van der Waals surface area (Å²) >= 11 is 1.44. The van der Waals surface area contributed by atoms with E-state index in [2.05, 4.69) is 5.32 Å². The number of rotatable bonds is 6. The quantitative estimate of drug-likeness (QED) is 0.794. The van der Waals surface area contributed by atoms with Crippen LogP contribution in [-0.2, 0) is 16.1 Å². The number of thioether (sulfide) groups is 1. The number of carbonyl (C=O) groups excluding carboxylic acids is 2. The average molecular weight is 360 g/mol. The number of hydrogen-bond donors (Lipinski definition) is 1. The number of amides is 2. The fourth-order valence-corrected chi connectivity index (χ4v) is 3.35. The predicted octanol–water partition coefficient (Wildman–Crippen LogP) is 3.92. The number of halogens is 1. The molecule has 25 heavy (non-hydrogen) atoms. The number of carbonyl (C=O) groups is 2. The Hall–Kier alpha value is -2.34. The molecule has 0 fully saturated rings. The average Bonchev–Trinajstić information content (AvgIpc) is 2.55. The largest absolute Gasteiger partial charge is 0.340 e. The first kappa shape index (κ1) is 19.0. The van der Waals surface area contributed by atoms with E-state index in [-0.39, 0.29) is 22.9 Å². The van der Waals surface area contributed by atoms with Gasteiger partial charge in [-0.05, 0) is 48.9 Å². The van der Waals surface area contributed by atoms with E-state index in [0.29, 0.717) is 6.54 Å². The van der Waals surface area contributed by atoms with Gasteiger partial charge in [-0.3, -0.25) is 9.59 Å². The zero-order valence-corrected chi connectivity index (χ0v) is 15.3. The maximum absolute atomic E-state index is 13.2. The fourth-order valence-electron chi connectivity index (χ4n) is 2.37. The molecule has 4 nitrogen and oxygen atoms in total. The van der Waals surface area contributed by atoms with Gasteiger partial charge in [0.25, 0.3) is 0 Å². The molecular weight excluding hydrogens is 339 g/mol. The molecule has 2 aromatic rings. The molecule has 2 aromatic carbocycles. The molecule has 132 valence electrons. The van der Waals surface area contributed by atoms with Crippen molar-refractivity contribution in [2.75, 3.05) is 12.4 Å². The molecule has 1 unspecified atom stereocenters. The van der Waals surface area contributed by atoms with Gasteiger partial charge in [0.2, 0.25) is 11.8 Å². The van der Waals surface area contributed by atoms with E-state index < -0.39 is 0 Å². The Morgan fingerprint density at radius 2 is 1.88 bits per heavy atom. The van der Waals surface area contributed by atoms with Crippen LogP contribution >= 0.6 is 11.8 Å². The monoisotopic (exact) mass is 360 g/mol. The normalized spacial score (nSPS) is 11.7. The fraction of sp³-hybridized carbons (Fsp3) is 0.263. The molecule has 0 aliphatic heterocycles. The number of nitrogens with zero attached hydrogens (tertiary/aromatic N) is 1. The summed E-state index contributed by atoms with van der Waals surface area (Å²) in [5.74, 6) is -0.455. The molecule has 0 heterocycles. The molecule has 2 rings (SSSR count). The Bertz CT molecular complexity index is 749. The highest BCUT2D eigenvalue weighted by Crippen LogP contribution is 2.26. The summed E-state index contributed by atoms with van der Waals surface area (Å²) in [6.45, 7) is 3.66. The smallest absolute Gasteiger partial charge is 0.235 e. The summed E-state index contributed by atoms with van der Waals surface area (Å²) in [5.41, 5.74) is 1.48. The SMILES string of the molecule is CC(=O)Nc1ccc(SC(C)C(=O)N(C)Cc2cccc(F)c2)cc1. The highest BCUT2D eigenvalue weighted by Gasteiger charge is 2.19. The maximum atomic E-state index is 13.2. The number of hydrogen-bond acceptors (Lipinski definition) is 3. The van der Waals surface area contributed by atoms with Crippen molar-refractivity contribution in [1.82, 2.24) is 4.90 Å². The van der Waals surface area contributed by atoms with Crippen molar-refractivity contribution in [1.29, 1.82) is 0 Å². The second kappa shape index (κ2) is 8.67. The minimum atomic E-state index is -0.306. The third kappa shape index (κ3) is 5.90. The Morgan fingerprint density at radius 3 is 2.48 bits per heavy atom. The molecule has 1 atom stereocenters. The summed E-state index contributed by atoms with van der Waals surface area (Å²) in [4.78, 5) is 26.1. The molecule has 2 amide bonds. The van der Waals surface area contributed by atoms with E-state index in [1.54, 1.807) is 36.2 Å². The van der Waals surface area contributed by atoms with E-state index >= 15 is 0 Å².